The molecule has 0 N–H and O–H groups in total. The number of hydrogen-bond acceptors (Lipinski definition) is 0. The zero-order valence-corrected chi connectivity index (χ0v) is 24.5. The molecule has 0 aromatic heterocycles. The fourth-order valence-electron chi connectivity index (χ4n) is 7.65. The van der Waals surface area contributed by atoms with Crippen LogP contribution in [0.2, 0.25) is 15.1 Å². The Labute approximate surface area is 187 Å². The van der Waals surface area contributed by atoms with Gasteiger partial charge in [-0.05, 0) is 31.5 Å². The fraction of sp³-hybridized carbons (Fsp3) is 0.778. The predicted octanol–water partition coefficient (Wildman–Crippen LogP) is 8.91. The molecular formula is C27H51PSi. The minimum atomic E-state index is -1.96. The largest absolute Gasteiger partial charge is 0.125 e. The van der Waals surface area contributed by atoms with Crippen LogP contribution in [0, 0.1) is 10.8 Å². The minimum Gasteiger partial charge on any atom is -0.125 e. The van der Waals surface area contributed by atoms with Gasteiger partial charge in [-0.2, -0.15) is 0 Å². The van der Waals surface area contributed by atoms with Gasteiger partial charge < -0.3 is 0 Å². The summed E-state index contributed by atoms with van der Waals surface area (Å²) >= 11 is 0. The highest BCUT2D eigenvalue weighted by Gasteiger charge is 2.60. The molecule has 0 bridgehead atoms. The quantitative estimate of drug-likeness (QED) is 0.322. The molecule has 0 aliphatic heterocycles. The molecule has 0 nitrogen and oxygen atoms in total. The molecule has 0 heterocycles. The third kappa shape index (κ3) is 4.17. The van der Waals surface area contributed by atoms with Crippen molar-refractivity contribution >= 4 is 22.5 Å². The van der Waals surface area contributed by atoms with Crippen molar-refractivity contribution < 1.29 is 0 Å². The SMILES string of the molecule is CC(C)(C)C(P)(c1ccc([Si](C(C)(C)C)(C(C)(C)C)C(C)(C)C)cc1)C(C)(C)C. The Kier molecular flexibility index (Phi) is 6.94. The molecule has 1 rings (SSSR count). The maximum atomic E-state index is 3.25. The highest BCUT2D eigenvalue weighted by molar-refractivity contribution is 7.18. The van der Waals surface area contributed by atoms with E-state index in [1.165, 1.54) is 5.56 Å². The Bertz CT molecular complexity index is 642. The van der Waals surface area contributed by atoms with E-state index in [0.717, 1.165) is 0 Å². The summed E-state index contributed by atoms with van der Waals surface area (Å²) in [6, 6.07) is 9.90. The molecule has 0 aliphatic rings. The molecule has 1 aromatic carbocycles. The van der Waals surface area contributed by atoms with Crippen molar-refractivity contribution in [2.75, 3.05) is 0 Å². The van der Waals surface area contributed by atoms with E-state index >= 15 is 0 Å². The Morgan fingerprint density at radius 3 is 1.00 bits per heavy atom. The average Bonchev–Trinajstić information content (AvgIpc) is 2.40. The summed E-state index contributed by atoms with van der Waals surface area (Å²) in [5.74, 6) is 0. The summed E-state index contributed by atoms with van der Waals surface area (Å²) in [4.78, 5) is 0. The van der Waals surface area contributed by atoms with Gasteiger partial charge in [0.1, 0.15) is 8.07 Å². The fourth-order valence-corrected chi connectivity index (χ4v) is 17.9. The summed E-state index contributed by atoms with van der Waals surface area (Å²) in [7, 11) is 1.30. The molecule has 0 saturated carbocycles. The molecule has 0 aliphatic carbocycles. The lowest BCUT2D eigenvalue weighted by atomic mass is 9.62. The molecule has 0 radical (unpaired) electrons. The van der Waals surface area contributed by atoms with Crippen molar-refractivity contribution in [2.24, 2.45) is 10.8 Å². The molecule has 0 amide bonds. The Balaban J connectivity index is 3.87. The van der Waals surface area contributed by atoms with Gasteiger partial charge in [0, 0.05) is 5.16 Å². The van der Waals surface area contributed by atoms with Crippen LogP contribution in [0.4, 0.5) is 0 Å². The highest BCUT2D eigenvalue weighted by atomic mass is 31.0. The predicted molar refractivity (Wildman–Crippen MR) is 141 cm³/mol. The van der Waals surface area contributed by atoms with E-state index in [2.05, 4.69) is 137 Å². The zero-order valence-electron chi connectivity index (χ0n) is 22.4. The number of hydrogen-bond donors (Lipinski definition) is 0. The van der Waals surface area contributed by atoms with E-state index in [4.69, 9.17) is 0 Å². The molecule has 0 saturated heterocycles. The summed E-state index contributed by atoms with van der Waals surface area (Å²) in [5, 5.41) is 2.39. The van der Waals surface area contributed by atoms with Crippen LogP contribution in [0.1, 0.15) is 109 Å². The van der Waals surface area contributed by atoms with Crippen molar-refractivity contribution in [3.63, 3.8) is 0 Å². The van der Waals surface area contributed by atoms with E-state index in [0.29, 0.717) is 0 Å². The van der Waals surface area contributed by atoms with Crippen LogP contribution in [-0.2, 0) is 5.16 Å². The molecule has 0 fully saturated rings. The van der Waals surface area contributed by atoms with Crippen LogP contribution in [0.3, 0.4) is 0 Å². The van der Waals surface area contributed by atoms with E-state index in [-0.39, 0.29) is 31.1 Å². The first-order chi connectivity index (χ1) is 12.5. The zero-order chi connectivity index (χ0) is 23.5. The first-order valence-corrected chi connectivity index (χ1v) is 13.9. The van der Waals surface area contributed by atoms with Gasteiger partial charge in [-0.1, -0.05) is 133 Å². The Morgan fingerprint density at radius 2 is 0.793 bits per heavy atom. The molecule has 1 aromatic rings. The van der Waals surface area contributed by atoms with E-state index in [1.54, 1.807) is 5.19 Å². The molecule has 2 heteroatoms. The van der Waals surface area contributed by atoms with Crippen LogP contribution in [0.5, 0.6) is 0 Å². The summed E-state index contributed by atoms with van der Waals surface area (Å²) in [5.41, 5.74) is 1.72. The standard InChI is InChI=1S/C27H51PSi/c1-22(2,3)27(28,23(4,5)6)20-16-18-21(19-17-20)29(24(7,8)9,25(10,11)12)26(13,14)15/h16-19H,28H2,1-15H3. The molecule has 0 spiro atoms. The van der Waals surface area contributed by atoms with Crippen LogP contribution in [-0.4, -0.2) is 8.07 Å². The Morgan fingerprint density at radius 1 is 0.517 bits per heavy atom. The number of rotatable bonds is 2. The topological polar surface area (TPSA) is 0 Å². The van der Waals surface area contributed by atoms with Gasteiger partial charge >= 0.3 is 0 Å². The second kappa shape index (κ2) is 7.48. The molecule has 1 unspecified atom stereocenters. The normalized spacial score (nSPS) is 15.6. The molecule has 1 atom stereocenters. The third-order valence-electron chi connectivity index (χ3n) is 7.51. The van der Waals surface area contributed by atoms with E-state index in [1.807, 2.05) is 0 Å². The average molecular weight is 435 g/mol. The third-order valence-corrected chi connectivity index (χ3v) is 17.5. The summed E-state index contributed by atoms with van der Waals surface area (Å²) in [6.45, 7) is 36.6. The highest BCUT2D eigenvalue weighted by Crippen LogP contribution is 2.62. The van der Waals surface area contributed by atoms with Gasteiger partial charge in [-0.3, -0.25) is 0 Å². The summed E-state index contributed by atoms with van der Waals surface area (Å²) in [6.07, 6.45) is 0. The van der Waals surface area contributed by atoms with Crippen molar-refractivity contribution in [1.82, 2.24) is 0 Å². The van der Waals surface area contributed by atoms with Crippen LogP contribution < -0.4 is 5.19 Å². The smallest absolute Gasteiger partial charge is 0.103 e. The maximum absolute atomic E-state index is 3.25. The van der Waals surface area contributed by atoms with Gasteiger partial charge in [0.15, 0.2) is 0 Å². The molecular weight excluding hydrogens is 383 g/mol. The van der Waals surface area contributed by atoms with Gasteiger partial charge in [0.2, 0.25) is 0 Å². The molecule has 168 valence electrons. The van der Waals surface area contributed by atoms with Crippen LogP contribution in [0.25, 0.3) is 0 Å². The minimum absolute atomic E-state index is 0.00788. The monoisotopic (exact) mass is 434 g/mol. The lowest BCUT2D eigenvalue weighted by molar-refractivity contribution is 0.140. The maximum Gasteiger partial charge on any atom is 0.103 e. The first-order valence-electron chi connectivity index (χ1n) is 11.4. The van der Waals surface area contributed by atoms with E-state index in [9.17, 15) is 0 Å². The van der Waals surface area contributed by atoms with Gasteiger partial charge in [-0.15, -0.1) is 9.24 Å². The van der Waals surface area contributed by atoms with Crippen LogP contribution >= 0.6 is 9.24 Å². The molecule has 29 heavy (non-hydrogen) atoms. The second-order valence-electron chi connectivity index (χ2n) is 14.4. The van der Waals surface area contributed by atoms with Crippen molar-refractivity contribution in [3.05, 3.63) is 29.8 Å². The van der Waals surface area contributed by atoms with Gasteiger partial charge in [0.25, 0.3) is 0 Å². The van der Waals surface area contributed by atoms with Gasteiger partial charge in [0.05, 0.1) is 0 Å². The van der Waals surface area contributed by atoms with Crippen LogP contribution in [0.15, 0.2) is 24.3 Å². The lowest BCUT2D eigenvalue weighted by Crippen LogP contribution is -2.66. The van der Waals surface area contributed by atoms with Crippen molar-refractivity contribution in [3.8, 4) is 0 Å². The number of benzene rings is 1. The Hall–Kier alpha value is -0.133. The summed E-state index contributed by atoms with van der Waals surface area (Å²) < 4.78 is 0. The lowest BCUT2D eigenvalue weighted by Gasteiger charge is -2.60. The second-order valence-corrected chi connectivity index (χ2v) is 21.8. The first kappa shape index (κ1) is 26.9. The van der Waals surface area contributed by atoms with Crippen molar-refractivity contribution in [2.45, 2.75) is 124 Å². The van der Waals surface area contributed by atoms with Crippen molar-refractivity contribution in [1.29, 1.82) is 0 Å². The van der Waals surface area contributed by atoms with E-state index < -0.39 is 8.07 Å². The van der Waals surface area contributed by atoms with Gasteiger partial charge in [-0.25, -0.2) is 0 Å².